The van der Waals surface area contributed by atoms with Gasteiger partial charge in [-0.1, -0.05) is 13.0 Å². The van der Waals surface area contributed by atoms with Crippen molar-refractivity contribution < 1.29 is 4.74 Å². The van der Waals surface area contributed by atoms with Crippen LogP contribution in [-0.2, 0) is 6.42 Å². The molecule has 0 bridgehead atoms. The summed E-state index contributed by atoms with van der Waals surface area (Å²) in [5, 5.41) is 1.46. The highest BCUT2D eigenvalue weighted by atomic mass is 32.2. The van der Waals surface area contributed by atoms with Gasteiger partial charge in [-0.15, -0.1) is 11.8 Å². The van der Waals surface area contributed by atoms with E-state index >= 15 is 0 Å². The SMILES string of the molecule is COc1cccc(-n2c(=O)c3c(c4cccnc42)SC(C)C3)c1. The van der Waals surface area contributed by atoms with Crippen molar-refractivity contribution in [2.75, 3.05) is 7.11 Å². The lowest BCUT2D eigenvalue weighted by molar-refractivity contribution is 0.414. The zero-order valence-electron chi connectivity index (χ0n) is 12.9. The normalized spacial score (nSPS) is 16.5. The number of hydrogen-bond donors (Lipinski definition) is 0. The highest BCUT2D eigenvalue weighted by molar-refractivity contribution is 8.00. The monoisotopic (exact) mass is 324 g/mol. The van der Waals surface area contributed by atoms with Gasteiger partial charge in [0.2, 0.25) is 0 Å². The molecule has 5 heteroatoms. The molecule has 0 saturated heterocycles. The molecular weight excluding hydrogens is 308 g/mol. The fraction of sp³-hybridized carbons (Fsp3) is 0.222. The number of fused-ring (bicyclic) bond motifs is 3. The lowest BCUT2D eigenvalue weighted by Gasteiger charge is -2.13. The van der Waals surface area contributed by atoms with Gasteiger partial charge in [-0.2, -0.15) is 0 Å². The molecule has 23 heavy (non-hydrogen) atoms. The van der Waals surface area contributed by atoms with Gasteiger partial charge >= 0.3 is 0 Å². The number of aromatic nitrogens is 2. The van der Waals surface area contributed by atoms with Crippen LogP contribution in [0.3, 0.4) is 0 Å². The van der Waals surface area contributed by atoms with Crippen LogP contribution in [0.2, 0.25) is 0 Å². The van der Waals surface area contributed by atoms with Crippen molar-refractivity contribution in [3.8, 4) is 11.4 Å². The Hall–Kier alpha value is -2.27. The summed E-state index contributed by atoms with van der Waals surface area (Å²) in [5.41, 5.74) is 2.40. The van der Waals surface area contributed by atoms with Gasteiger partial charge in [-0.3, -0.25) is 9.36 Å². The molecule has 0 amide bonds. The number of nitrogens with zero attached hydrogens (tertiary/aromatic N) is 2. The zero-order chi connectivity index (χ0) is 16.0. The summed E-state index contributed by atoms with van der Waals surface area (Å²) >= 11 is 1.77. The second-order valence-corrected chi connectivity index (χ2v) is 7.11. The number of benzene rings is 1. The van der Waals surface area contributed by atoms with Crippen molar-refractivity contribution in [3.05, 3.63) is 58.5 Å². The van der Waals surface area contributed by atoms with E-state index in [1.807, 2.05) is 36.4 Å². The van der Waals surface area contributed by atoms with E-state index < -0.39 is 0 Å². The second-order valence-electron chi connectivity index (χ2n) is 5.66. The van der Waals surface area contributed by atoms with E-state index in [4.69, 9.17) is 4.74 Å². The van der Waals surface area contributed by atoms with Crippen molar-refractivity contribution in [2.24, 2.45) is 0 Å². The maximum atomic E-state index is 13.1. The summed E-state index contributed by atoms with van der Waals surface area (Å²) in [6.45, 7) is 2.15. The average molecular weight is 324 g/mol. The molecule has 0 saturated carbocycles. The minimum absolute atomic E-state index is 0.0244. The highest BCUT2D eigenvalue weighted by Gasteiger charge is 2.26. The largest absolute Gasteiger partial charge is 0.497 e. The first-order chi connectivity index (χ1) is 11.2. The maximum Gasteiger partial charge on any atom is 0.261 e. The third-order valence-corrected chi connectivity index (χ3v) is 5.37. The van der Waals surface area contributed by atoms with Crippen LogP contribution in [0.4, 0.5) is 0 Å². The summed E-state index contributed by atoms with van der Waals surface area (Å²) < 4.78 is 7.00. The Morgan fingerprint density at radius 3 is 3.00 bits per heavy atom. The van der Waals surface area contributed by atoms with Crippen molar-refractivity contribution in [1.29, 1.82) is 0 Å². The Morgan fingerprint density at radius 1 is 1.30 bits per heavy atom. The van der Waals surface area contributed by atoms with Crippen LogP contribution in [0.1, 0.15) is 12.5 Å². The fourth-order valence-corrected chi connectivity index (χ4v) is 4.33. The molecule has 2 aromatic heterocycles. The van der Waals surface area contributed by atoms with E-state index in [1.165, 1.54) is 0 Å². The van der Waals surface area contributed by atoms with Crippen LogP contribution in [0.15, 0.2) is 52.3 Å². The van der Waals surface area contributed by atoms with Gasteiger partial charge in [0.1, 0.15) is 11.4 Å². The number of methoxy groups -OCH3 is 1. The molecule has 4 rings (SSSR count). The van der Waals surface area contributed by atoms with Gasteiger partial charge in [0.05, 0.1) is 12.8 Å². The van der Waals surface area contributed by atoms with Crippen molar-refractivity contribution >= 4 is 22.8 Å². The lowest BCUT2D eigenvalue weighted by Crippen LogP contribution is -2.23. The van der Waals surface area contributed by atoms with E-state index in [2.05, 4.69) is 11.9 Å². The summed E-state index contributed by atoms with van der Waals surface area (Å²) in [7, 11) is 1.62. The van der Waals surface area contributed by atoms with Gasteiger partial charge < -0.3 is 4.74 Å². The Kier molecular flexibility index (Phi) is 3.38. The molecule has 1 atom stereocenters. The topological polar surface area (TPSA) is 44.1 Å². The first-order valence-electron chi connectivity index (χ1n) is 7.52. The number of pyridine rings is 2. The Bertz CT molecular complexity index is 965. The van der Waals surface area contributed by atoms with Gasteiger partial charge in [0, 0.05) is 33.4 Å². The smallest absolute Gasteiger partial charge is 0.261 e. The highest BCUT2D eigenvalue weighted by Crippen LogP contribution is 2.39. The fourth-order valence-electron chi connectivity index (χ4n) is 3.08. The maximum absolute atomic E-state index is 13.1. The minimum atomic E-state index is 0.0244. The number of hydrogen-bond acceptors (Lipinski definition) is 4. The Morgan fingerprint density at radius 2 is 2.17 bits per heavy atom. The third-order valence-electron chi connectivity index (χ3n) is 4.10. The summed E-state index contributed by atoms with van der Waals surface area (Å²) in [4.78, 5) is 18.7. The molecule has 3 aromatic rings. The molecule has 1 aliphatic rings. The molecular formula is C18H16N2O2S. The number of rotatable bonds is 2. The molecule has 0 aliphatic carbocycles. The van der Waals surface area contributed by atoms with Crippen LogP contribution in [0.5, 0.6) is 5.75 Å². The van der Waals surface area contributed by atoms with Crippen LogP contribution < -0.4 is 10.3 Å². The van der Waals surface area contributed by atoms with Gasteiger partial charge in [-0.05, 0) is 30.7 Å². The Balaban J connectivity index is 2.09. The average Bonchev–Trinajstić information content (AvgIpc) is 2.98. The van der Waals surface area contributed by atoms with Gasteiger partial charge in [-0.25, -0.2) is 4.98 Å². The minimum Gasteiger partial charge on any atom is -0.497 e. The number of ether oxygens (including phenoxy) is 1. The van der Waals surface area contributed by atoms with E-state index in [0.29, 0.717) is 10.9 Å². The van der Waals surface area contributed by atoms with E-state index in [-0.39, 0.29) is 5.56 Å². The quantitative estimate of drug-likeness (QED) is 0.724. The molecule has 1 aromatic carbocycles. The number of thioether (sulfide) groups is 1. The first kappa shape index (κ1) is 14.3. The molecule has 3 heterocycles. The molecule has 116 valence electrons. The van der Waals surface area contributed by atoms with Crippen LogP contribution in [0.25, 0.3) is 16.7 Å². The molecule has 4 nitrogen and oxygen atoms in total. The second kappa shape index (κ2) is 5.42. The van der Waals surface area contributed by atoms with Crippen LogP contribution in [0, 0.1) is 0 Å². The molecule has 1 aliphatic heterocycles. The van der Waals surface area contributed by atoms with Crippen LogP contribution >= 0.6 is 11.8 Å². The molecule has 0 N–H and O–H groups in total. The summed E-state index contributed by atoms with van der Waals surface area (Å²) in [5.74, 6) is 0.724. The molecule has 0 spiro atoms. The predicted octanol–water partition coefficient (Wildman–Crippen LogP) is 3.43. The van der Waals surface area contributed by atoms with E-state index in [0.717, 1.165) is 33.7 Å². The van der Waals surface area contributed by atoms with Gasteiger partial charge in [0.25, 0.3) is 5.56 Å². The molecule has 0 radical (unpaired) electrons. The van der Waals surface area contributed by atoms with Gasteiger partial charge in [0.15, 0.2) is 0 Å². The van der Waals surface area contributed by atoms with E-state index in [9.17, 15) is 4.79 Å². The van der Waals surface area contributed by atoms with Crippen molar-refractivity contribution in [1.82, 2.24) is 9.55 Å². The predicted molar refractivity (Wildman–Crippen MR) is 92.9 cm³/mol. The summed E-state index contributed by atoms with van der Waals surface area (Å²) in [6.07, 6.45) is 2.53. The summed E-state index contributed by atoms with van der Waals surface area (Å²) in [6, 6.07) is 11.5. The van der Waals surface area contributed by atoms with Crippen molar-refractivity contribution in [3.63, 3.8) is 0 Å². The third kappa shape index (κ3) is 2.23. The lowest BCUT2D eigenvalue weighted by atomic mass is 10.1. The molecule has 1 unspecified atom stereocenters. The van der Waals surface area contributed by atoms with Crippen molar-refractivity contribution in [2.45, 2.75) is 23.5 Å². The van der Waals surface area contributed by atoms with Crippen LogP contribution in [-0.4, -0.2) is 21.9 Å². The standard InChI is InChI=1S/C18H16N2O2S/c1-11-9-15-16(23-11)14-7-4-8-19-17(14)20(18(15)21)12-5-3-6-13(10-12)22-2/h3-8,10-11H,9H2,1-2H3. The Labute approximate surface area is 138 Å². The first-order valence-corrected chi connectivity index (χ1v) is 8.40. The zero-order valence-corrected chi connectivity index (χ0v) is 13.8. The molecule has 0 fully saturated rings. The van der Waals surface area contributed by atoms with E-state index in [1.54, 1.807) is 29.6 Å².